The van der Waals surface area contributed by atoms with Crippen LogP contribution < -0.4 is 5.32 Å². The molecule has 44 heavy (non-hydrogen) atoms. The van der Waals surface area contributed by atoms with E-state index in [-0.39, 0.29) is 24.3 Å². The summed E-state index contributed by atoms with van der Waals surface area (Å²) in [6.45, 7) is -0.202. The van der Waals surface area contributed by atoms with E-state index in [1.54, 1.807) is 27.9 Å². The first-order valence-electron chi connectivity index (χ1n) is 14.7. The maximum Gasteiger partial charge on any atom is 0.330 e. The number of esters is 1. The van der Waals surface area contributed by atoms with Crippen LogP contribution in [0.5, 0.6) is 0 Å². The molecule has 2 aromatic carbocycles. The average Bonchev–Trinajstić information content (AvgIpc) is 3.69. The molecule has 1 saturated heterocycles. The number of aryl methyl sites for hydroxylation is 2. The van der Waals surface area contributed by atoms with Gasteiger partial charge in [0.1, 0.15) is 17.9 Å². The van der Waals surface area contributed by atoms with E-state index in [2.05, 4.69) is 10.4 Å². The summed E-state index contributed by atoms with van der Waals surface area (Å²) in [6, 6.07) is 11.0. The zero-order valence-corrected chi connectivity index (χ0v) is 24.7. The highest BCUT2D eigenvalue weighted by Crippen LogP contribution is 2.43. The number of ether oxygens (including phenoxy) is 1. The lowest BCUT2D eigenvalue weighted by Crippen LogP contribution is -2.48. The van der Waals surface area contributed by atoms with E-state index < -0.39 is 30.0 Å². The van der Waals surface area contributed by atoms with Crippen molar-refractivity contribution in [3.8, 4) is 11.1 Å². The van der Waals surface area contributed by atoms with Gasteiger partial charge in [-0.3, -0.25) is 19.2 Å². The lowest BCUT2D eigenvalue weighted by atomic mass is 9.89. The number of methoxy groups -OCH3 is 1. The van der Waals surface area contributed by atoms with E-state index in [1.807, 2.05) is 31.4 Å². The average molecular weight is 600 g/mol. The number of nitrogens with one attached hydrogen (secondary N) is 1. The van der Waals surface area contributed by atoms with Crippen molar-refractivity contribution in [2.45, 2.75) is 56.7 Å². The maximum absolute atomic E-state index is 13.9. The first-order valence-corrected chi connectivity index (χ1v) is 14.7. The highest BCUT2D eigenvalue weighted by Gasteiger charge is 2.56. The zero-order chi connectivity index (χ0) is 31.0. The molecule has 1 spiro atoms. The molecule has 1 saturated carbocycles. The molecule has 1 N–H and O–H groups in total. The van der Waals surface area contributed by atoms with Gasteiger partial charge in [-0.2, -0.15) is 5.10 Å². The molecule has 1 aliphatic heterocycles. The number of benzene rings is 2. The number of carbonyl (C=O) groups is 4. The molecule has 10 nitrogen and oxygen atoms in total. The lowest BCUT2D eigenvalue weighted by molar-refractivity contribution is -0.141. The van der Waals surface area contributed by atoms with Crippen molar-refractivity contribution in [3.05, 3.63) is 89.0 Å². The standard InChI is InChI=1S/C33H34FN5O5/c1-37-19-25(17-35-37)23-7-12-28-24(16-23)13-14-33(28)31(42)39(32(43)36-33)20-29(40)38(18-22-3-8-26(34)9-4-22)27-10-5-21(6-11-27)15-30(41)44-2/h3-4,7-9,12,15-17,19,27H,5-6,10-11,13-14,18,20H2,1-2H3,(H,36,43)/t27?,33-/m0/s1. The van der Waals surface area contributed by atoms with Gasteiger partial charge in [0.15, 0.2) is 0 Å². The summed E-state index contributed by atoms with van der Waals surface area (Å²) in [5.74, 6) is -1.59. The topological polar surface area (TPSA) is 114 Å². The number of rotatable bonds is 7. The quantitative estimate of drug-likeness (QED) is 0.250. The first kappa shape index (κ1) is 29.3. The monoisotopic (exact) mass is 599 g/mol. The zero-order valence-electron chi connectivity index (χ0n) is 24.7. The Labute approximate surface area is 254 Å². The van der Waals surface area contributed by atoms with Gasteiger partial charge in [0.2, 0.25) is 5.91 Å². The predicted molar refractivity (Wildman–Crippen MR) is 158 cm³/mol. The SMILES string of the molecule is COC(=O)C=C1CCC(N(Cc2ccc(F)cc2)C(=O)CN2C(=O)N[C@]3(CCc4cc(-c5cnn(C)c5)ccc43)C2=O)CC1. The number of imide groups is 1. The van der Waals surface area contributed by atoms with Gasteiger partial charge in [-0.05, 0) is 72.9 Å². The summed E-state index contributed by atoms with van der Waals surface area (Å²) in [7, 11) is 3.18. The van der Waals surface area contributed by atoms with Crippen molar-refractivity contribution in [2.24, 2.45) is 7.05 Å². The first-order chi connectivity index (χ1) is 21.2. The largest absolute Gasteiger partial charge is 0.466 e. The number of hydrogen-bond acceptors (Lipinski definition) is 6. The Morgan fingerprint density at radius 1 is 1.11 bits per heavy atom. The molecule has 3 aromatic rings. The highest BCUT2D eigenvalue weighted by molar-refractivity contribution is 6.10. The van der Waals surface area contributed by atoms with Crippen molar-refractivity contribution in [2.75, 3.05) is 13.7 Å². The molecule has 228 valence electrons. The molecule has 2 aliphatic carbocycles. The molecule has 3 aliphatic rings. The van der Waals surface area contributed by atoms with Crippen LogP contribution in [-0.4, -0.2) is 63.1 Å². The Morgan fingerprint density at radius 2 is 1.86 bits per heavy atom. The lowest BCUT2D eigenvalue weighted by Gasteiger charge is -2.36. The normalized spacial score (nSPS) is 20.9. The minimum atomic E-state index is -1.21. The number of amides is 4. The number of nitrogens with zero attached hydrogens (tertiary/aromatic N) is 4. The molecule has 0 unspecified atom stereocenters. The number of allylic oxidation sites excluding steroid dienone is 1. The molecule has 4 amide bonds. The van der Waals surface area contributed by atoms with Gasteiger partial charge >= 0.3 is 12.0 Å². The number of aromatic nitrogens is 2. The van der Waals surface area contributed by atoms with Crippen molar-refractivity contribution in [1.82, 2.24) is 24.9 Å². The molecular weight excluding hydrogens is 565 g/mol. The van der Waals surface area contributed by atoms with Crippen molar-refractivity contribution in [3.63, 3.8) is 0 Å². The number of halogens is 1. The number of carbonyl (C=O) groups excluding carboxylic acids is 4. The van der Waals surface area contributed by atoms with Crippen LogP contribution >= 0.6 is 0 Å². The minimum Gasteiger partial charge on any atom is -0.466 e. The minimum absolute atomic E-state index is 0.185. The van der Waals surface area contributed by atoms with E-state index in [1.165, 1.54) is 25.3 Å². The molecule has 1 aromatic heterocycles. The second-order valence-electron chi connectivity index (χ2n) is 11.7. The number of urea groups is 1. The summed E-state index contributed by atoms with van der Waals surface area (Å²) in [5.41, 5.74) is 4.14. The van der Waals surface area contributed by atoms with Crippen LogP contribution in [0.4, 0.5) is 9.18 Å². The second-order valence-corrected chi connectivity index (χ2v) is 11.7. The molecule has 0 radical (unpaired) electrons. The summed E-state index contributed by atoms with van der Waals surface area (Å²) < 4.78 is 20.1. The third kappa shape index (κ3) is 5.49. The van der Waals surface area contributed by atoms with Gasteiger partial charge in [0.25, 0.3) is 5.91 Å². The van der Waals surface area contributed by atoms with Gasteiger partial charge < -0.3 is 15.0 Å². The Kier molecular flexibility index (Phi) is 7.79. The third-order valence-corrected chi connectivity index (χ3v) is 8.99. The summed E-state index contributed by atoms with van der Waals surface area (Å²) in [6.07, 6.45) is 8.63. The number of fused-ring (bicyclic) bond motifs is 2. The maximum atomic E-state index is 13.9. The third-order valence-electron chi connectivity index (χ3n) is 8.99. The summed E-state index contributed by atoms with van der Waals surface area (Å²) in [4.78, 5) is 55.5. The van der Waals surface area contributed by atoms with Crippen LogP contribution in [-0.2, 0) is 44.7 Å². The van der Waals surface area contributed by atoms with E-state index in [4.69, 9.17) is 4.74 Å². The molecule has 6 rings (SSSR count). The van der Waals surface area contributed by atoms with Crippen LogP contribution in [0, 0.1) is 5.82 Å². The molecule has 11 heteroatoms. The van der Waals surface area contributed by atoms with E-state index in [9.17, 15) is 23.6 Å². The summed E-state index contributed by atoms with van der Waals surface area (Å²) in [5, 5.41) is 7.15. The Morgan fingerprint density at radius 3 is 2.55 bits per heavy atom. The van der Waals surface area contributed by atoms with Crippen molar-refractivity contribution >= 4 is 23.8 Å². The molecule has 1 atom stereocenters. The molecule has 2 fully saturated rings. The van der Waals surface area contributed by atoms with E-state index in [0.29, 0.717) is 38.5 Å². The predicted octanol–water partition coefficient (Wildman–Crippen LogP) is 3.99. The molecule has 0 bridgehead atoms. The second kappa shape index (κ2) is 11.7. The highest BCUT2D eigenvalue weighted by atomic mass is 19.1. The van der Waals surface area contributed by atoms with Crippen LogP contribution in [0.3, 0.4) is 0 Å². The van der Waals surface area contributed by atoms with Gasteiger partial charge in [0.05, 0.1) is 13.3 Å². The van der Waals surface area contributed by atoms with Crippen LogP contribution in [0.2, 0.25) is 0 Å². The van der Waals surface area contributed by atoms with Crippen molar-refractivity contribution < 1.29 is 28.3 Å². The Hall–Kier alpha value is -4.80. The van der Waals surface area contributed by atoms with Crippen LogP contribution in [0.15, 0.2) is 66.5 Å². The fourth-order valence-corrected chi connectivity index (χ4v) is 6.63. The fraction of sp³-hybridized carbons (Fsp3) is 0.364. The number of hydrogen-bond donors (Lipinski definition) is 1. The fourth-order valence-electron chi connectivity index (χ4n) is 6.63. The van der Waals surface area contributed by atoms with E-state index >= 15 is 0 Å². The smallest absolute Gasteiger partial charge is 0.330 e. The summed E-state index contributed by atoms with van der Waals surface area (Å²) >= 11 is 0. The Balaban J connectivity index is 1.21. The van der Waals surface area contributed by atoms with Crippen LogP contribution in [0.1, 0.15) is 48.8 Å². The van der Waals surface area contributed by atoms with Gasteiger partial charge in [-0.1, -0.05) is 35.9 Å². The van der Waals surface area contributed by atoms with Crippen LogP contribution in [0.25, 0.3) is 11.1 Å². The molecule has 2 heterocycles. The molecular formula is C33H34FN5O5. The van der Waals surface area contributed by atoms with Crippen molar-refractivity contribution in [1.29, 1.82) is 0 Å². The van der Waals surface area contributed by atoms with Gasteiger partial charge in [-0.25, -0.2) is 14.0 Å². The van der Waals surface area contributed by atoms with E-state index in [0.717, 1.165) is 38.3 Å². The van der Waals surface area contributed by atoms with Gasteiger partial charge in [0, 0.05) is 37.5 Å². The Bertz CT molecular complexity index is 1650. The van der Waals surface area contributed by atoms with Gasteiger partial charge in [-0.15, -0.1) is 0 Å².